The molecule has 0 unspecified atom stereocenters. The second-order valence-corrected chi connectivity index (χ2v) is 7.94. The van der Waals surface area contributed by atoms with E-state index in [2.05, 4.69) is 21.4 Å². The highest BCUT2D eigenvalue weighted by molar-refractivity contribution is 5.89. The first-order valence-corrected chi connectivity index (χ1v) is 11.2. The molecular weight excluding hydrogens is 484 g/mol. The predicted molar refractivity (Wildman–Crippen MR) is 134 cm³/mol. The molecule has 0 saturated carbocycles. The zero-order valence-electron chi connectivity index (χ0n) is 19.9. The van der Waals surface area contributed by atoms with Gasteiger partial charge in [-0.15, -0.1) is 0 Å². The van der Waals surface area contributed by atoms with Crippen LogP contribution >= 0.6 is 0 Å². The van der Waals surface area contributed by atoms with Crippen LogP contribution in [-0.2, 0) is 16.1 Å². The number of aromatic nitrogens is 2. The summed E-state index contributed by atoms with van der Waals surface area (Å²) in [6, 6.07) is 13.4. The van der Waals surface area contributed by atoms with Crippen LogP contribution in [0.25, 0.3) is 22.0 Å². The maximum atomic E-state index is 13.5. The zero-order valence-corrected chi connectivity index (χ0v) is 19.9. The fourth-order valence-electron chi connectivity index (χ4n) is 3.46. The molecule has 0 spiro atoms. The van der Waals surface area contributed by atoms with Gasteiger partial charge in [-0.1, -0.05) is 6.07 Å². The monoisotopic (exact) mass is 509 g/mol. The SMILES string of the molecule is Cc1cc2c(OCCNCc3cncc(-c4cc(F)cc(F)c4)c3)cccc2[nH]1.O=C(O)/C=C/C(=O)O. The highest BCUT2D eigenvalue weighted by Crippen LogP contribution is 2.26. The van der Waals surface area contributed by atoms with Crippen molar-refractivity contribution in [1.82, 2.24) is 15.3 Å². The lowest BCUT2D eigenvalue weighted by Gasteiger charge is -2.09. The number of fused-ring (bicyclic) bond motifs is 1. The Morgan fingerprint density at radius 2 is 1.70 bits per heavy atom. The summed E-state index contributed by atoms with van der Waals surface area (Å²) in [7, 11) is 0. The Morgan fingerprint density at radius 1 is 1.00 bits per heavy atom. The standard InChI is InChI=1S/C23H21F2N3O.C4H4O4/c1-15-7-21-22(28-15)3-2-4-23(21)29-6-5-26-12-16-8-18(14-27-13-16)17-9-19(24)11-20(25)10-17;5-3(6)1-2-4(7)8/h2-4,7-11,13-14,26,28H,5-6,12H2,1H3;1-2H,(H,5,6)(H,7,8)/b;2-1+. The van der Waals surface area contributed by atoms with E-state index in [0.29, 0.717) is 43.0 Å². The summed E-state index contributed by atoms with van der Waals surface area (Å²) in [6.07, 6.45) is 4.45. The quantitative estimate of drug-likeness (QED) is 0.190. The molecule has 10 heteroatoms. The Morgan fingerprint density at radius 3 is 2.38 bits per heavy atom. The van der Waals surface area contributed by atoms with Gasteiger partial charge in [-0.05, 0) is 54.4 Å². The third kappa shape index (κ3) is 8.55. The van der Waals surface area contributed by atoms with E-state index in [9.17, 15) is 18.4 Å². The molecule has 0 aliphatic heterocycles. The Balaban J connectivity index is 0.000000414. The third-order valence-corrected chi connectivity index (χ3v) is 4.98. The van der Waals surface area contributed by atoms with Gasteiger partial charge in [0.15, 0.2) is 0 Å². The number of H-pyrrole nitrogens is 1. The van der Waals surface area contributed by atoms with Gasteiger partial charge in [0.25, 0.3) is 0 Å². The third-order valence-electron chi connectivity index (χ3n) is 4.98. The first-order valence-electron chi connectivity index (χ1n) is 11.2. The van der Waals surface area contributed by atoms with Crippen LogP contribution in [0.2, 0.25) is 0 Å². The Bertz CT molecular complexity index is 1380. The number of halogens is 2. The molecule has 0 radical (unpaired) electrons. The lowest BCUT2D eigenvalue weighted by Crippen LogP contribution is -2.20. The van der Waals surface area contributed by atoms with Crippen LogP contribution in [0.1, 0.15) is 11.3 Å². The van der Waals surface area contributed by atoms with Gasteiger partial charge < -0.3 is 25.3 Å². The number of carbonyl (C=O) groups is 2. The average Bonchev–Trinajstić information content (AvgIpc) is 3.23. The second kappa shape index (κ2) is 12.9. The summed E-state index contributed by atoms with van der Waals surface area (Å²) >= 11 is 0. The van der Waals surface area contributed by atoms with E-state index in [1.54, 1.807) is 12.4 Å². The molecule has 0 fully saturated rings. The number of carboxylic acids is 2. The molecule has 192 valence electrons. The minimum atomic E-state index is -1.26. The molecule has 0 atom stereocenters. The number of rotatable bonds is 9. The van der Waals surface area contributed by atoms with Crippen molar-refractivity contribution in [3.63, 3.8) is 0 Å². The summed E-state index contributed by atoms with van der Waals surface area (Å²) in [5.74, 6) is -2.87. The van der Waals surface area contributed by atoms with Gasteiger partial charge in [0, 0.05) is 65.9 Å². The van der Waals surface area contributed by atoms with Crippen molar-refractivity contribution in [2.75, 3.05) is 13.2 Å². The molecule has 8 nitrogen and oxygen atoms in total. The van der Waals surface area contributed by atoms with Gasteiger partial charge in [0.05, 0.1) is 0 Å². The van der Waals surface area contributed by atoms with Crippen LogP contribution in [0, 0.1) is 18.6 Å². The lowest BCUT2D eigenvalue weighted by atomic mass is 10.1. The van der Waals surface area contributed by atoms with Crippen LogP contribution in [-0.4, -0.2) is 45.3 Å². The Hall–Kier alpha value is -4.57. The van der Waals surface area contributed by atoms with Crippen molar-refractivity contribution in [2.45, 2.75) is 13.5 Å². The molecule has 0 aliphatic carbocycles. The fourth-order valence-corrected chi connectivity index (χ4v) is 3.46. The smallest absolute Gasteiger partial charge is 0.328 e. The minimum Gasteiger partial charge on any atom is -0.492 e. The molecule has 4 N–H and O–H groups in total. The highest BCUT2D eigenvalue weighted by atomic mass is 19.1. The number of hydrogen-bond acceptors (Lipinski definition) is 5. The van der Waals surface area contributed by atoms with Crippen molar-refractivity contribution >= 4 is 22.8 Å². The largest absolute Gasteiger partial charge is 0.492 e. The van der Waals surface area contributed by atoms with E-state index in [4.69, 9.17) is 14.9 Å². The van der Waals surface area contributed by atoms with Crippen molar-refractivity contribution in [2.24, 2.45) is 0 Å². The summed E-state index contributed by atoms with van der Waals surface area (Å²) < 4.78 is 32.8. The van der Waals surface area contributed by atoms with Crippen molar-refractivity contribution in [1.29, 1.82) is 0 Å². The Labute approximate surface area is 211 Å². The molecule has 0 amide bonds. The van der Waals surface area contributed by atoms with Crippen LogP contribution < -0.4 is 10.1 Å². The van der Waals surface area contributed by atoms with Crippen molar-refractivity contribution in [3.05, 3.63) is 96.0 Å². The number of aryl methyl sites for hydroxylation is 1. The first-order chi connectivity index (χ1) is 17.7. The zero-order chi connectivity index (χ0) is 26.8. The van der Waals surface area contributed by atoms with E-state index in [1.807, 2.05) is 31.2 Å². The van der Waals surface area contributed by atoms with Crippen LogP contribution in [0.5, 0.6) is 5.75 Å². The normalized spacial score (nSPS) is 10.8. The molecule has 2 heterocycles. The number of aliphatic carboxylic acids is 2. The van der Waals surface area contributed by atoms with Gasteiger partial charge in [0.2, 0.25) is 0 Å². The van der Waals surface area contributed by atoms with Gasteiger partial charge in [-0.3, -0.25) is 4.98 Å². The maximum Gasteiger partial charge on any atom is 0.328 e. The average molecular weight is 510 g/mol. The molecule has 0 saturated heterocycles. The molecule has 2 aromatic heterocycles. The lowest BCUT2D eigenvalue weighted by molar-refractivity contribution is -0.134. The first kappa shape index (κ1) is 27.0. The predicted octanol–water partition coefficient (Wildman–Crippen LogP) is 4.70. The number of nitrogens with one attached hydrogen (secondary N) is 2. The van der Waals surface area contributed by atoms with Crippen molar-refractivity contribution < 1.29 is 33.3 Å². The van der Waals surface area contributed by atoms with Crippen LogP contribution in [0.15, 0.2) is 73.1 Å². The highest BCUT2D eigenvalue weighted by Gasteiger charge is 2.06. The molecule has 0 bridgehead atoms. The summed E-state index contributed by atoms with van der Waals surface area (Å²) in [5, 5.41) is 20.0. The van der Waals surface area contributed by atoms with E-state index in [-0.39, 0.29) is 0 Å². The number of nitrogens with zero attached hydrogens (tertiary/aromatic N) is 1. The second-order valence-electron chi connectivity index (χ2n) is 7.94. The molecule has 4 rings (SSSR count). The molecule has 0 aliphatic rings. The van der Waals surface area contributed by atoms with Gasteiger partial charge in [-0.2, -0.15) is 0 Å². The van der Waals surface area contributed by atoms with E-state index in [1.165, 1.54) is 12.1 Å². The fraction of sp³-hybridized carbons (Fsp3) is 0.148. The van der Waals surface area contributed by atoms with E-state index in [0.717, 1.165) is 34.0 Å². The molecule has 4 aromatic rings. The molecule has 2 aromatic carbocycles. The van der Waals surface area contributed by atoms with Gasteiger partial charge in [-0.25, -0.2) is 18.4 Å². The topological polar surface area (TPSA) is 125 Å². The number of hydrogen-bond donors (Lipinski definition) is 4. The van der Waals surface area contributed by atoms with Gasteiger partial charge in [0.1, 0.15) is 24.0 Å². The van der Waals surface area contributed by atoms with Crippen LogP contribution in [0.3, 0.4) is 0 Å². The number of pyridine rings is 1. The van der Waals surface area contributed by atoms with Crippen molar-refractivity contribution in [3.8, 4) is 16.9 Å². The van der Waals surface area contributed by atoms with E-state index < -0.39 is 23.6 Å². The molecule has 37 heavy (non-hydrogen) atoms. The summed E-state index contributed by atoms with van der Waals surface area (Å²) in [5.41, 5.74) is 4.23. The number of aromatic amines is 1. The Kier molecular flexibility index (Phi) is 9.45. The number of benzene rings is 2. The molecular formula is C27H25F2N3O5. The number of carboxylic acid groups (broad SMARTS) is 2. The van der Waals surface area contributed by atoms with Crippen LogP contribution in [0.4, 0.5) is 8.78 Å². The summed E-state index contributed by atoms with van der Waals surface area (Å²) in [4.78, 5) is 26.6. The maximum absolute atomic E-state index is 13.5. The number of ether oxygens (including phenoxy) is 1. The van der Waals surface area contributed by atoms with E-state index >= 15 is 0 Å². The van der Waals surface area contributed by atoms with Gasteiger partial charge >= 0.3 is 11.9 Å². The summed E-state index contributed by atoms with van der Waals surface area (Å²) in [6.45, 7) is 3.77. The minimum absolute atomic E-state index is 0.468.